The molecular weight excluding hydrogens is 248 g/mol. The third-order valence-corrected chi connectivity index (χ3v) is 2.53. The molecule has 1 amide bonds. The van der Waals surface area contributed by atoms with E-state index in [1.807, 2.05) is 30.3 Å². The number of aliphatic carboxylic acids is 1. The van der Waals surface area contributed by atoms with Gasteiger partial charge in [-0.1, -0.05) is 30.3 Å². The number of nitrogens with one attached hydrogen (secondary N) is 1. The fourth-order valence-electron chi connectivity index (χ4n) is 1.50. The van der Waals surface area contributed by atoms with Gasteiger partial charge in [-0.25, -0.2) is 4.79 Å². The first-order valence-corrected chi connectivity index (χ1v) is 6.11. The number of hydrogen-bond donors (Lipinski definition) is 2. The number of carboxylic acids is 1. The molecule has 104 valence electrons. The SMILES string of the molecule is [NH3+]CCC[C@@H](NC(=O)OCc1ccccc1)C(=O)[O-]. The summed E-state index contributed by atoms with van der Waals surface area (Å²) in [7, 11) is 0. The van der Waals surface area contributed by atoms with Crippen LogP contribution < -0.4 is 16.2 Å². The normalized spacial score (nSPS) is 11.6. The van der Waals surface area contributed by atoms with Crippen molar-refractivity contribution in [2.45, 2.75) is 25.5 Å². The van der Waals surface area contributed by atoms with E-state index >= 15 is 0 Å². The van der Waals surface area contributed by atoms with Crippen molar-refractivity contribution >= 4 is 12.1 Å². The Bertz CT molecular complexity index is 408. The summed E-state index contributed by atoms with van der Waals surface area (Å²) in [6.07, 6.45) is 0.117. The van der Waals surface area contributed by atoms with Gasteiger partial charge in [-0.15, -0.1) is 0 Å². The molecule has 6 nitrogen and oxygen atoms in total. The molecule has 19 heavy (non-hydrogen) atoms. The molecule has 0 aliphatic carbocycles. The lowest BCUT2D eigenvalue weighted by Crippen LogP contribution is -2.52. The molecule has 0 radical (unpaired) electrons. The summed E-state index contributed by atoms with van der Waals surface area (Å²) in [5.41, 5.74) is 4.45. The van der Waals surface area contributed by atoms with E-state index in [1.54, 1.807) is 0 Å². The van der Waals surface area contributed by atoms with Gasteiger partial charge in [-0.2, -0.15) is 0 Å². The lowest BCUT2D eigenvalue weighted by Gasteiger charge is -2.18. The molecule has 0 aliphatic heterocycles. The summed E-state index contributed by atoms with van der Waals surface area (Å²) >= 11 is 0. The smallest absolute Gasteiger partial charge is 0.407 e. The molecule has 4 N–H and O–H groups in total. The first kappa shape index (κ1) is 15.0. The molecule has 0 aromatic heterocycles. The van der Waals surface area contributed by atoms with Crippen LogP contribution in [0.5, 0.6) is 0 Å². The zero-order valence-corrected chi connectivity index (χ0v) is 10.6. The number of amides is 1. The minimum atomic E-state index is -1.31. The van der Waals surface area contributed by atoms with Gasteiger partial charge in [0.25, 0.3) is 0 Å². The molecule has 0 spiro atoms. The van der Waals surface area contributed by atoms with Gasteiger partial charge < -0.3 is 25.7 Å². The van der Waals surface area contributed by atoms with E-state index in [9.17, 15) is 14.7 Å². The predicted octanol–water partition coefficient (Wildman–Crippen LogP) is -0.947. The minimum absolute atomic E-state index is 0.0990. The first-order valence-electron chi connectivity index (χ1n) is 6.11. The quantitative estimate of drug-likeness (QED) is 0.663. The Morgan fingerprint density at radius 1 is 1.32 bits per heavy atom. The van der Waals surface area contributed by atoms with E-state index in [2.05, 4.69) is 11.1 Å². The van der Waals surface area contributed by atoms with Gasteiger partial charge in [0, 0.05) is 0 Å². The molecule has 0 bridgehead atoms. The lowest BCUT2D eigenvalue weighted by molar-refractivity contribution is -0.368. The fourth-order valence-corrected chi connectivity index (χ4v) is 1.50. The van der Waals surface area contributed by atoms with E-state index < -0.39 is 18.1 Å². The van der Waals surface area contributed by atoms with Crippen LogP contribution in [-0.4, -0.2) is 24.6 Å². The lowest BCUT2D eigenvalue weighted by atomic mass is 10.1. The van der Waals surface area contributed by atoms with Crippen LogP contribution in [0.3, 0.4) is 0 Å². The Hall–Kier alpha value is -2.08. The Morgan fingerprint density at radius 3 is 2.58 bits per heavy atom. The number of carbonyl (C=O) groups is 2. The van der Waals surface area contributed by atoms with Gasteiger partial charge in [0.2, 0.25) is 0 Å². The minimum Gasteiger partial charge on any atom is -0.548 e. The summed E-state index contributed by atoms with van der Waals surface area (Å²) < 4.78 is 4.93. The second-order valence-corrected chi connectivity index (χ2v) is 4.07. The third kappa shape index (κ3) is 5.87. The third-order valence-electron chi connectivity index (χ3n) is 2.53. The van der Waals surface area contributed by atoms with Crippen LogP contribution in [0.2, 0.25) is 0 Å². The maximum absolute atomic E-state index is 11.5. The highest BCUT2D eigenvalue weighted by Crippen LogP contribution is 2.01. The van der Waals surface area contributed by atoms with Crippen LogP contribution in [0.15, 0.2) is 30.3 Å². The zero-order valence-electron chi connectivity index (χ0n) is 10.6. The highest BCUT2D eigenvalue weighted by atomic mass is 16.5. The number of benzene rings is 1. The second-order valence-electron chi connectivity index (χ2n) is 4.07. The Balaban J connectivity index is 2.38. The van der Waals surface area contributed by atoms with Gasteiger partial charge >= 0.3 is 6.09 Å². The van der Waals surface area contributed by atoms with Gasteiger partial charge in [0.05, 0.1) is 18.6 Å². The molecule has 1 atom stereocenters. The van der Waals surface area contributed by atoms with E-state index in [0.717, 1.165) is 5.56 Å². The molecule has 0 saturated heterocycles. The molecule has 1 rings (SSSR count). The van der Waals surface area contributed by atoms with Crippen molar-refractivity contribution in [2.24, 2.45) is 0 Å². The highest BCUT2D eigenvalue weighted by molar-refractivity contribution is 5.78. The number of hydrogen-bond acceptors (Lipinski definition) is 4. The van der Waals surface area contributed by atoms with Crippen LogP contribution in [0.25, 0.3) is 0 Å². The van der Waals surface area contributed by atoms with Gasteiger partial charge in [-0.3, -0.25) is 0 Å². The number of alkyl carbamates (subject to hydrolysis) is 1. The van der Waals surface area contributed by atoms with Crippen LogP contribution in [0, 0.1) is 0 Å². The van der Waals surface area contributed by atoms with Crippen LogP contribution in [0.4, 0.5) is 4.79 Å². The van der Waals surface area contributed by atoms with E-state index in [4.69, 9.17) is 4.74 Å². The van der Waals surface area contributed by atoms with Gasteiger partial charge in [-0.05, 0) is 18.4 Å². The Kier molecular flexibility index (Phi) is 6.38. The van der Waals surface area contributed by atoms with Crippen molar-refractivity contribution < 1.29 is 25.2 Å². The maximum atomic E-state index is 11.5. The van der Waals surface area contributed by atoms with Crippen molar-refractivity contribution in [1.82, 2.24) is 5.32 Å². The summed E-state index contributed by atoms with van der Waals surface area (Å²) in [6.45, 7) is 0.701. The fraction of sp³-hybridized carbons (Fsp3) is 0.385. The topological polar surface area (TPSA) is 106 Å². The van der Waals surface area contributed by atoms with Crippen LogP contribution in [-0.2, 0) is 16.1 Å². The number of carboxylic acid groups (broad SMARTS) is 1. The predicted molar refractivity (Wildman–Crippen MR) is 65.5 cm³/mol. The van der Waals surface area contributed by atoms with Crippen molar-refractivity contribution in [3.05, 3.63) is 35.9 Å². The monoisotopic (exact) mass is 266 g/mol. The molecule has 0 aliphatic rings. The number of ether oxygens (including phenoxy) is 1. The molecule has 1 aromatic carbocycles. The number of carbonyl (C=O) groups excluding carboxylic acids is 2. The van der Waals surface area contributed by atoms with Gasteiger partial charge in [0.1, 0.15) is 6.61 Å². The zero-order chi connectivity index (χ0) is 14.1. The molecule has 0 unspecified atom stereocenters. The largest absolute Gasteiger partial charge is 0.548 e. The Morgan fingerprint density at radius 2 is 2.00 bits per heavy atom. The summed E-state index contributed by atoms with van der Waals surface area (Å²) in [6, 6.07) is 8.10. The van der Waals surface area contributed by atoms with E-state index in [-0.39, 0.29) is 13.0 Å². The van der Waals surface area contributed by atoms with Crippen LogP contribution >= 0.6 is 0 Å². The van der Waals surface area contributed by atoms with Crippen LogP contribution in [0.1, 0.15) is 18.4 Å². The maximum Gasteiger partial charge on any atom is 0.407 e. The Labute approximate surface area is 111 Å². The number of rotatable bonds is 7. The summed E-state index contributed by atoms with van der Waals surface area (Å²) in [5.74, 6) is -1.31. The average Bonchev–Trinajstić information content (AvgIpc) is 2.42. The van der Waals surface area contributed by atoms with Gasteiger partial charge in [0.15, 0.2) is 0 Å². The van der Waals surface area contributed by atoms with Crippen molar-refractivity contribution in [2.75, 3.05) is 6.54 Å². The van der Waals surface area contributed by atoms with Crippen molar-refractivity contribution in [3.8, 4) is 0 Å². The van der Waals surface area contributed by atoms with E-state index in [1.165, 1.54) is 0 Å². The van der Waals surface area contributed by atoms with Crippen molar-refractivity contribution in [3.63, 3.8) is 0 Å². The second kappa shape index (κ2) is 8.10. The average molecular weight is 266 g/mol. The molecule has 1 aromatic rings. The first-order chi connectivity index (χ1) is 9.13. The summed E-state index contributed by atoms with van der Waals surface area (Å²) in [5, 5.41) is 13.1. The highest BCUT2D eigenvalue weighted by Gasteiger charge is 2.14. The van der Waals surface area contributed by atoms with Crippen molar-refractivity contribution in [1.29, 1.82) is 0 Å². The molecule has 0 heterocycles. The molecule has 6 heteroatoms. The molecule has 0 saturated carbocycles. The molecule has 0 fully saturated rings. The molecular formula is C13H18N2O4. The standard InChI is InChI=1S/C13H18N2O4/c14-8-4-7-11(12(16)17)15-13(18)19-9-10-5-2-1-3-6-10/h1-3,5-6,11H,4,7-9,14H2,(H,15,18)(H,16,17)/t11-/m1/s1. The summed E-state index contributed by atoms with van der Waals surface area (Å²) in [4.78, 5) is 22.3. The number of quaternary nitrogens is 1. The van der Waals surface area contributed by atoms with E-state index in [0.29, 0.717) is 13.0 Å².